The molecule has 2 unspecified atom stereocenters. The molecule has 0 bridgehead atoms. The maximum Gasteiger partial charge on any atom is 0.247 e. The maximum absolute atomic E-state index is 12.2. The van der Waals surface area contributed by atoms with E-state index in [0.29, 0.717) is 0 Å². The maximum atomic E-state index is 12.2. The van der Waals surface area contributed by atoms with Crippen LogP contribution in [0.4, 0.5) is 0 Å². The lowest BCUT2D eigenvalue weighted by Crippen LogP contribution is -2.53. The van der Waals surface area contributed by atoms with Gasteiger partial charge in [0.1, 0.15) is 6.04 Å². The van der Waals surface area contributed by atoms with Crippen molar-refractivity contribution in [2.75, 3.05) is 19.6 Å². The molecule has 0 aliphatic carbocycles. The van der Waals surface area contributed by atoms with Crippen LogP contribution in [-0.4, -0.2) is 46.3 Å². The first kappa shape index (κ1) is 17.2. The Labute approximate surface area is 120 Å². The van der Waals surface area contributed by atoms with Crippen LogP contribution in [0.15, 0.2) is 18.5 Å². The Morgan fingerprint density at radius 3 is 2.78 bits per heavy atom. The van der Waals surface area contributed by atoms with Crippen LogP contribution < -0.4 is 5.32 Å². The predicted molar refractivity (Wildman–Crippen MR) is 75.5 cm³/mol. The van der Waals surface area contributed by atoms with E-state index in [9.17, 15) is 4.79 Å². The standard InChI is InChI=1S/C11H18N4O.2ClH/c1-9-8-12-5-7-14(9)11(16)10(2)15-6-3-4-13-15;;/h3-4,6,9-10,12H,5,7-8H2,1-2H3;2*1H. The summed E-state index contributed by atoms with van der Waals surface area (Å²) in [6.07, 6.45) is 3.53. The van der Waals surface area contributed by atoms with Crippen molar-refractivity contribution in [3.8, 4) is 0 Å². The largest absolute Gasteiger partial charge is 0.336 e. The highest BCUT2D eigenvalue weighted by Crippen LogP contribution is 2.12. The Kier molecular flexibility index (Phi) is 7.28. The lowest BCUT2D eigenvalue weighted by Gasteiger charge is -2.35. The molecule has 2 rings (SSSR count). The van der Waals surface area contributed by atoms with Crippen molar-refractivity contribution in [1.29, 1.82) is 0 Å². The van der Waals surface area contributed by atoms with Crippen molar-refractivity contribution < 1.29 is 4.79 Å². The molecule has 1 N–H and O–H groups in total. The summed E-state index contributed by atoms with van der Waals surface area (Å²) in [6, 6.07) is 1.89. The Morgan fingerprint density at radius 1 is 1.50 bits per heavy atom. The normalized spacial score (nSPS) is 20.6. The molecule has 7 heteroatoms. The highest BCUT2D eigenvalue weighted by molar-refractivity contribution is 5.85. The zero-order valence-electron chi connectivity index (χ0n) is 10.6. The molecular formula is C11H20Cl2N4O. The van der Waals surface area contributed by atoms with Crippen LogP contribution in [0.2, 0.25) is 0 Å². The van der Waals surface area contributed by atoms with E-state index in [2.05, 4.69) is 17.3 Å². The average Bonchev–Trinajstić information content (AvgIpc) is 2.81. The number of aromatic nitrogens is 2. The smallest absolute Gasteiger partial charge is 0.247 e. The minimum absolute atomic E-state index is 0. The van der Waals surface area contributed by atoms with Crippen LogP contribution in [0, 0.1) is 0 Å². The van der Waals surface area contributed by atoms with Gasteiger partial charge in [-0.05, 0) is 19.9 Å². The van der Waals surface area contributed by atoms with E-state index < -0.39 is 0 Å². The molecule has 104 valence electrons. The van der Waals surface area contributed by atoms with Crippen LogP contribution in [0.3, 0.4) is 0 Å². The first-order valence-corrected chi connectivity index (χ1v) is 5.70. The number of nitrogens with one attached hydrogen (secondary N) is 1. The van der Waals surface area contributed by atoms with Gasteiger partial charge in [-0.3, -0.25) is 9.48 Å². The molecule has 1 aliphatic rings. The van der Waals surface area contributed by atoms with Crippen LogP contribution >= 0.6 is 24.8 Å². The lowest BCUT2D eigenvalue weighted by molar-refractivity contribution is -0.137. The van der Waals surface area contributed by atoms with Gasteiger partial charge in [-0.25, -0.2) is 0 Å². The minimum Gasteiger partial charge on any atom is -0.336 e. The van der Waals surface area contributed by atoms with Crippen molar-refractivity contribution in [3.63, 3.8) is 0 Å². The second-order valence-electron chi connectivity index (χ2n) is 4.25. The van der Waals surface area contributed by atoms with Crippen molar-refractivity contribution in [1.82, 2.24) is 20.0 Å². The summed E-state index contributed by atoms with van der Waals surface area (Å²) in [4.78, 5) is 14.2. The Hall–Kier alpha value is -0.780. The summed E-state index contributed by atoms with van der Waals surface area (Å²) >= 11 is 0. The molecule has 0 saturated carbocycles. The van der Waals surface area contributed by atoms with Gasteiger partial charge in [-0.1, -0.05) is 0 Å². The summed E-state index contributed by atoms with van der Waals surface area (Å²) < 4.78 is 1.71. The van der Waals surface area contributed by atoms with E-state index >= 15 is 0 Å². The van der Waals surface area contributed by atoms with E-state index in [1.165, 1.54) is 0 Å². The molecule has 0 radical (unpaired) electrons. The fourth-order valence-corrected chi connectivity index (χ4v) is 2.03. The van der Waals surface area contributed by atoms with Crippen molar-refractivity contribution in [2.45, 2.75) is 25.9 Å². The molecule has 1 amide bonds. The molecule has 1 aromatic heterocycles. The van der Waals surface area contributed by atoms with Crippen molar-refractivity contribution in [3.05, 3.63) is 18.5 Å². The Bertz CT molecular complexity index is 358. The number of hydrogen-bond acceptors (Lipinski definition) is 3. The molecule has 0 spiro atoms. The van der Waals surface area contributed by atoms with Gasteiger partial charge in [-0.2, -0.15) is 5.10 Å². The molecular weight excluding hydrogens is 275 g/mol. The van der Waals surface area contributed by atoms with Gasteiger partial charge >= 0.3 is 0 Å². The first-order chi connectivity index (χ1) is 7.70. The molecule has 0 aromatic carbocycles. The van der Waals surface area contributed by atoms with Crippen molar-refractivity contribution >= 4 is 30.7 Å². The first-order valence-electron chi connectivity index (χ1n) is 5.70. The summed E-state index contributed by atoms with van der Waals surface area (Å²) in [5, 5.41) is 7.39. The molecule has 1 aliphatic heterocycles. The molecule has 18 heavy (non-hydrogen) atoms. The third-order valence-electron chi connectivity index (χ3n) is 3.06. The Morgan fingerprint density at radius 2 is 2.22 bits per heavy atom. The van der Waals surface area contributed by atoms with E-state index in [1.807, 2.05) is 24.1 Å². The van der Waals surface area contributed by atoms with Crippen LogP contribution in [0.1, 0.15) is 19.9 Å². The zero-order chi connectivity index (χ0) is 11.5. The van der Waals surface area contributed by atoms with Crippen molar-refractivity contribution in [2.24, 2.45) is 0 Å². The van der Waals surface area contributed by atoms with Gasteiger partial charge in [0, 0.05) is 38.1 Å². The topological polar surface area (TPSA) is 50.2 Å². The van der Waals surface area contributed by atoms with Crippen LogP contribution in [0.5, 0.6) is 0 Å². The van der Waals surface area contributed by atoms with Gasteiger partial charge in [0.15, 0.2) is 0 Å². The second kappa shape index (κ2) is 7.61. The quantitative estimate of drug-likeness (QED) is 0.889. The van der Waals surface area contributed by atoms with Crippen LogP contribution in [0.25, 0.3) is 0 Å². The highest BCUT2D eigenvalue weighted by atomic mass is 35.5. The number of piperazine rings is 1. The Balaban J connectivity index is 0.00000144. The monoisotopic (exact) mass is 294 g/mol. The molecule has 1 saturated heterocycles. The fraction of sp³-hybridized carbons (Fsp3) is 0.636. The fourth-order valence-electron chi connectivity index (χ4n) is 2.03. The van der Waals surface area contributed by atoms with E-state index in [-0.39, 0.29) is 42.8 Å². The van der Waals surface area contributed by atoms with Gasteiger partial charge in [-0.15, -0.1) is 24.8 Å². The SMILES string of the molecule is CC1CNCCN1C(=O)C(C)n1cccn1.Cl.Cl. The second-order valence-corrected chi connectivity index (χ2v) is 4.25. The number of halogens is 2. The van der Waals surface area contributed by atoms with E-state index in [0.717, 1.165) is 19.6 Å². The molecule has 5 nitrogen and oxygen atoms in total. The van der Waals surface area contributed by atoms with Gasteiger partial charge in [0.25, 0.3) is 0 Å². The minimum atomic E-state index is -0.212. The number of carbonyl (C=O) groups is 1. The summed E-state index contributed by atoms with van der Waals surface area (Å²) in [5.41, 5.74) is 0. The number of rotatable bonds is 2. The third kappa shape index (κ3) is 3.60. The summed E-state index contributed by atoms with van der Waals surface area (Å²) in [5.74, 6) is 0.151. The predicted octanol–water partition coefficient (Wildman–Crippen LogP) is 1.11. The molecule has 1 fully saturated rings. The van der Waals surface area contributed by atoms with E-state index in [4.69, 9.17) is 0 Å². The molecule has 2 atom stereocenters. The summed E-state index contributed by atoms with van der Waals surface area (Å²) in [6.45, 7) is 6.50. The number of nitrogens with zero attached hydrogens (tertiary/aromatic N) is 3. The average molecular weight is 295 g/mol. The lowest BCUT2D eigenvalue weighted by atomic mass is 10.2. The zero-order valence-corrected chi connectivity index (χ0v) is 12.2. The van der Waals surface area contributed by atoms with Gasteiger partial charge in [0.2, 0.25) is 5.91 Å². The van der Waals surface area contributed by atoms with Gasteiger partial charge in [0.05, 0.1) is 0 Å². The number of amides is 1. The van der Waals surface area contributed by atoms with E-state index in [1.54, 1.807) is 10.9 Å². The third-order valence-corrected chi connectivity index (χ3v) is 3.06. The van der Waals surface area contributed by atoms with Gasteiger partial charge < -0.3 is 10.2 Å². The molecule has 2 heterocycles. The summed E-state index contributed by atoms with van der Waals surface area (Å²) in [7, 11) is 0. The highest BCUT2D eigenvalue weighted by Gasteiger charge is 2.27. The number of carbonyl (C=O) groups excluding carboxylic acids is 1. The van der Waals surface area contributed by atoms with Crippen LogP contribution in [-0.2, 0) is 4.79 Å². The number of hydrogen-bond donors (Lipinski definition) is 1. The molecule has 1 aromatic rings.